The molecule has 0 aliphatic heterocycles. The molecule has 0 spiro atoms. The van der Waals surface area contributed by atoms with Crippen LogP contribution in [-0.2, 0) is 6.54 Å². The molecule has 0 saturated heterocycles. The zero-order valence-electron chi connectivity index (χ0n) is 15.1. The predicted molar refractivity (Wildman–Crippen MR) is 99.3 cm³/mol. The van der Waals surface area contributed by atoms with E-state index in [9.17, 15) is 4.79 Å². The Balaban J connectivity index is 1.62. The van der Waals surface area contributed by atoms with Crippen LogP contribution in [0.4, 0.5) is 0 Å². The van der Waals surface area contributed by atoms with Crippen molar-refractivity contribution < 1.29 is 0 Å². The van der Waals surface area contributed by atoms with Crippen molar-refractivity contribution in [3.8, 4) is 0 Å². The van der Waals surface area contributed by atoms with Crippen LogP contribution >= 0.6 is 0 Å². The van der Waals surface area contributed by atoms with E-state index in [4.69, 9.17) is 0 Å². The van der Waals surface area contributed by atoms with Gasteiger partial charge in [-0.25, -0.2) is 4.98 Å². The third-order valence-corrected chi connectivity index (χ3v) is 5.41. The quantitative estimate of drug-likeness (QED) is 0.855. The number of aromatic nitrogens is 2. The molecule has 3 unspecified atom stereocenters. The van der Waals surface area contributed by atoms with Crippen molar-refractivity contribution in [2.45, 2.75) is 59.0 Å². The summed E-state index contributed by atoms with van der Waals surface area (Å²) in [5, 5.41) is 3.71. The second-order valence-corrected chi connectivity index (χ2v) is 7.45. The molecule has 3 rings (SSSR count). The number of fused-ring (bicyclic) bond motifs is 1. The maximum absolute atomic E-state index is 12.4. The van der Waals surface area contributed by atoms with Crippen LogP contribution in [0.2, 0.25) is 0 Å². The number of nitrogens with one attached hydrogen (secondary N) is 1. The van der Waals surface area contributed by atoms with E-state index >= 15 is 0 Å². The van der Waals surface area contributed by atoms with Gasteiger partial charge in [0.1, 0.15) is 5.69 Å². The highest BCUT2D eigenvalue weighted by atomic mass is 16.1. The van der Waals surface area contributed by atoms with E-state index in [0.717, 1.165) is 42.4 Å². The fourth-order valence-electron chi connectivity index (χ4n) is 4.04. The maximum Gasteiger partial charge on any atom is 0.272 e. The number of nitrogens with zero attached hydrogens (tertiary/aromatic N) is 2. The Labute approximate surface area is 144 Å². The van der Waals surface area contributed by atoms with Crippen molar-refractivity contribution in [2.24, 2.45) is 11.8 Å². The van der Waals surface area contributed by atoms with Gasteiger partial charge in [-0.15, -0.1) is 0 Å². The van der Waals surface area contributed by atoms with Gasteiger partial charge in [0.05, 0.1) is 11.0 Å². The predicted octanol–water partition coefficient (Wildman–Crippen LogP) is 3.51. The third kappa shape index (κ3) is 3.69. The largest absolute Gasteiger partial charge is 0.314 e. The summed E-state index contributed by atoms with van der Waals surface area (Å²) in [6, 6.07) is 8.53. The van der Waals surface area contributed by atoms with Gasteiger partial charge in [-0.3, -0.25) is 4.79 Å². The SMILES string of the molecule is Cc1nc2ccccc2n(CCCNC2CCC(C)CC2C)c1=O. The lowest BCUT2D eigenvalue weighted by Crippen LogP contribution is -2.39. The van der Waals surface area contributed by atoms with Crippen molar-refractivity contribution in [1.29, 1.82) is 0 Å². The van der Waals surface area contributed by atoms with Crippen LogP contribution in [0.25, 0.3) is 11.0 Å². The van der Waals surface area contributed by atoms with Gasteiger partial charge in [-0.05, 0) is 63.1 Å². The molecule has 0 bridgehead atoms. The van der Waals surface area contributed by atoms with Crippen molar-refractivity contribution in [2.75, 3.05) is 6.54 Å². The van der Waals surface area contributed by atoms with E-state index < -0.39 is 0 Å². The van der Waals surface area contributed by atoms with Crippen LogP contribution in [0.3, 0.4) is 0 Å². The summed E-state index contributed by atoms with van der Waals surface area (Å²) in [6.07, 6.45) is 4.90. The molecule has 4 heteroatoms. The Kier molecular flexibility index (Phi) is 5.34. The molecule has 1 saturated carbocycles. The van der Waals surface area contributed by atoms with Gasteiger partial charge in [-0.1, -0.05) is 26.0 Å². The molecule has 2 aromatic rings. The number of benzene rings is 1. The smallest absolute Gasteiger partial charge is 0.272 e. The second-order valence-electron chi connectivity index (χ2n) is 7.45. The Morgan fingerprint density at radius 1 is 1.25 bits per heavy atom. The molecule has 130 valence electrons. The lowest BCUT2D eigenvalue weighted by molar-refractivity contribution is 0.227. The fraction of sp³-hybridized carbons (Fsp3) is 0.600. The van der Waals surface area contributed by atoms with Crippen LogP contribution in [0.1, 0.15) is 45.2 Å². The van der Waals surface area contributed by atoms with E-state index in [1.54, 1.807) is 6.92 Å². The molecule has 1 aliphatic carbocycles. The minimum Gasteiger partial charge on any atom is -0.314 e. The highest BCUT2D eigenvalue weighted by Gasteiger charge is 2.24. The molecule has 4 nitrogen and oxygen atoms in total. The Hall–Kier alpha value is -1.68. The Morgan fingerprint density at radius 2 is 2.04 bits per heavy atom. The summed E-state index contributed by atoms with van der Waals surface area (Å²) in [5.41, 5.74) is 2.45. The van der Waals surface area contributed by atoms with Gasteiger partial charge in [0, 0.05) is 12.6 Å². The van der Waals surface area contributed by atoms with Crippen molar-refractivity contribution >= 4 is 11.0 Å². The summed E-state index contributed by atoms with van der Waals surface area (Å²) in [5.74, 6) is 1.61. The minimum absolute atomic E-state index is 0.0357. The molecule has 1 aromatic heterocycles. The van der Waals surface area contributed by atoms with Gasteiger partial charge in [-0.2, -0.15) is 0 Å². The molecule has 1 fully saturated rings. The number of hydrogen-bond donors (Lipinski definition) is 1. The van der Waals surface area contributed by atoms with Gasteiger partial charge in [0.15, 0.2) is 0 Å². The van der Waals surface area contributed by atoms with E-state index in [0.29, 0.717) is 11.7 Å². The van der Waals surface area contributed by atoms with Crippen LogP contribution in [0, 0.1) is 18.8 Å². The lowest BCUT2D eigenvalue weighted by atomic mass is 9.80. The summed E-state index contributed by atoms with van der Waals surface area (Å²) >= 11 is 0. The molecule has 0 radical (unpaired) electrons. The van der Waals surface area contributed by atoms with Crippen molar-refractivity contribution in [3.05, 3.63) is 40.3 Å². The molecular weight excluding hydrogens is 298 g/mol. The normalized spacial score (nSPS) is 24.4. The second kappa shape index (κ2) is 7.47. The molecule has 1 heterocycles. The number of aryl methyl sites for hydroxylation is 2. The molecule has 1 aromatic carbocycles. The molecule has 3 atom stereocenters. The maximum atomic E-state index is 12.4. The Morgan fingerprint density at radius 3 is 2.83 bits per heavy atom. The summed E-state index contributed by atoms with van der Waals surface area (Å²) < 4.78 is 1.88. The van der Waals surface area contributed by atoms with Crippen molar-refractivity contribution in [1.82, 2.24) is 14.9 Å². The van der Waals surface area contributed by atoms with Crippen LogP contribution in [-0.4, -0.2) is 22.1 Å². The van der Waals surface area contributed by atoms with Gasteiger partial charge >= 0.3 is 0 Å². The average molecular weight is 327 g/mol. The molecular formula is C20H29N3O. The first kappa shape index (κ1) is 17.2. The van der Waals surface area contributed by atoms with Crippen LogP contribution < -0.4 is 10.9 Å². The zero-order chi connectivity index (χ0) is 17.1. The van der Waals surface area contributed by atoms with E-state index in [1.807, 2.05) is 28.8 Å². The van der Waals surface area contributed by atoms with Gasteiger partial charge < -0.3 is 9.88 Å². The molecule has 24 heavy (non-hydrogen) atoms. The van der Waals surface area contributed by atoms with Crippen LogP contribution in [0.5, 0.6) is 0 Å². The lowest BCUT2D eigenvalue weighted by Gasteiger charge is -2.33. The highest BCUT2D eigenvalue weighted by Crippen LogP contribution is 2.28. The van der Waals surface area contributed by atoms with Gasteiger partial charge in [0.2, 0.25) is 0 Å². The van der Waals surface area contributed by atoms with Gasteiger partial charge in [0.25, 0.3) is 5.56 Å². The molecule has 0 amide bonds. The van der Waals surface area contributed by atoms with E-state index in [2.05, 4.69) is 24.1 Å². The number of rotatable bonds is 5. The fourth-order valence-corrected chi connectivity index (χ4v) is 4.04. The zero-order valence-corrected chi connectivity index (χ0v) is 15.1. The molecule has 1 aliphatic rings. The van der Waals surface area contributed by atoms with E-state index in [1.165, 1.54) is 19.3 Å². The summed E-state index contributed by atoms with van der Waals surface area (Å²) in [7, 11) is 0. The first-order chi connectivity index (χ1) is 11.6. The average Bonchev–Trinajstić information content (AvgIpc) is 2.56. The third-order valence-electron chi connectivity index (χ3n) is 5.41. The number of hydrogen-bond acceptors (Lipinski definition) is 3. The first-order valence-electron chi connectivity index (χ1n) is 9.26. The molecule has 1 N–H and O–H groups in total. The first-order valence-corrected chi connectivity index (χ1v) is 9.26. The summed E-state index contributed by atoms with van der Waals surface area (Å²) in [4.78, 5) is 16.9. The van der Waals surface area contributed by atoms with Crippen molar-refractivity contribution in [3.63, 3.8) is 0 Å². The van der Waals surface area contributed by atoms with Crippen LogP contribution in [0.15, 0.2) is 29.1 Å². The number of para-hydroxylation sites is 2. The Bertz CT molecular complexity index is 752. The summed E-state index contributed by atoms with van der Waals surface area (Å²) in [6.45, 7) is 8.22. The standard InChI is InChI=1S/C20H29N3O/c1-14-9-10-17(15(2)13-14)21-11-6-12-23-19-8-5-4-7-18(19)22-16(3)20(23)24/h4-5,7-8,14-15,17,21H,6,9-13H2,1-3H3. The van der Waals surface area contributed by atoms with E-state index in [-0.39, 0.29) is 5.56 Å². The topological polar surface area (TPSA) is 46.9 Å². The highest BCUT2D eigenvalue weighted by molar-refractivity contribution is 5.74. The monoisotopic (exact) mass is 327 g/mol. The minimum atomic E-state index is 0.0357.